The number of hydrogen-bond acceptors (Lipinski definition) is 3. The Morgan fingerprint density at radius 1 is 0.696 bits per heavy atom. The van der Waals surface area contributed by atoms with E-state index in [9.17, 15) is 0 Å². The number of aliphatic imine (C=N–C) groups is 1. The summed E-state index contributed by atoms with van der Waals surface area (Å²) in [7, 11) is 0. The molecule has 0 spiro atoms. The molecule has 0 radical (unpaired) electrons. The van der Waals surface area contributed by atoms with E-state index in [0.717, 1.165) is 22.3 Å². The fourth-order valence-electron chi connectivity index (χ4n) is 6.07. The highest BCUT2D eigenvalue weighted by Crippen LogP contribution is 2.45. The van der Waals surface area contributed by atoms with Crippen molar-refractivity contribution in [2.75, 3.05) is 0 Å². The lowest BCUT2D eigenvalue weighted by atomic mass is 9.79. The van der Waals surface area contributed by atoms with Gasteiger partial charge < -0.3 is 0 Å². The second kappa shape index (κ2) is 12.3. The number of fused-ring (bicyclic) bond motifs is 3. The van der Waals surface area contributed by atoms with E-state index in [-0.39, 0.29) is 10.8 Å². The number of rotatable bonds is 6. The third kappa shape index (κ3) is 6.12. The molecule has 0 atom stereocenters. The first-order valence-electron chi connectivity index (χ1n) is 15.9. The quantitative estimate of drug-likeness (QED) is 0.135. The van der Waals surface area contributed by atoms with Gasteiger partial charge in [-0.3, -0.25) is 9.98 Å². The molecule has 0 bridgehead atoms. The summed E-state index contributed by atoms with van der Waals surface area (Å²) < 4.78 is 2.62. The van der Waals surface area contributed by atoms with Gasteiger partial charge in [0, 0.05) is 44.3 Å². The highest BCUT2D eigenvalue weighted by molar-refractivity contribution is 7.26. The van der Waals surface area contributed by atoms with Crippen molar-refractivity contribution in [2.24, 2.45) is 4.99 Å². The Morgan fingerprint density at radius 3 is 1.80 bits per heavy atom. The van der Waals surface area contributed by atoms with E-state index in [1.54, 1.807) is 0 Å². The minimum atomic E-state index is 0.0512. The molecule has 2 nitrogen and oxygen atoms in total. The Kier molecular flexibility index (Phi) is 8.39. The molecule has 0 fully saturated rings. The Hall–Kier alpha value is -4.60. The summed E-state index contributed by atoms with van der Waals surface area (Å²) in [6.45, 7) is 19.6. The van der Waals surface area contributed by atoms with Crippen LogP contribution in [0.15, 0.2) is 121 Å². The Bertz CT molecular complexity index is 2100. The summed E-state index contributed by atoms with van der Waals surface area (Å²) in [4.78, 5) is 8.54. The summed E-state index contributed by atoms with van der Waals surface area (Å²) in [6, 6.07) is 31.6. The molecule has 0 amide bonds. The maximum Gasteiger partial charge on any atom is 0.0434 e. The molecule has 46 heavy (non-hydrogen) atoms. The number of benzene rings is 4. The Balaban J connectivity index is 1.61. The van der Waals surface area contributed by atoms with Gasteiger partial charge in [0.25, 0.3) is 0 Å². The molecule has 230 valence electrons. The van der Waals surface area contributed by atoms with E-state index in [1.807, 2.05) is 49.0 Å². The van der Waals surface area contributed by atoms with E-state index in [1.165, 1.54) is 53.6 Å². The topological polar surface area (TPSA) is 25.2 Å². The van der Waals surface area contributed by atoms with Gasteiger partial charge in [-0.05, 0) is 98.8 Å². The molecule has 4 aromatic carbocycles. The van der Waals surface area contributed by atoms with Crippen molar-refractivity contribution in [1.82, 2.24) is 4.98 Å². The van der Waals surface area contributed by atoms with E-state index in [0.29, 0.717) is 0 Å². The fourth-order valence-corrected chi connectivity index (χ4v) is 7.44. The van der Waals surface area contributed by atoms with Crippen LogP contribution < -0.4 is 0 Å². The van der Waals surface area contributed by atoms with Crippen molar-refractivity contribution >= 4 is 43.8 Å². The minimum absolute atomic E-state index is 0.0512. The smallest absolute Gasteiger partial charge is 0.0434 e. The van der Waals surface area contributed by atoms with Gasteiger partial charge in [0.1, 0.15) is 0 Å². The number of nitrogens with zero attached hydrogens (tertiary/aromatic N) is 2. The first kappa shape index (κ1) is 31.4. The normalized spacial score (nSPS) is 12.8. The SMILES string of the molecule is C=N/C=C(\C=C/C)c1cc(-c2cccnc2)cc(-c2cccc3c2sc2c(-c4cc(C(C)(C)C)cc(C(C)(C)C)c4)cccc23)c1. The Morgan fingerprint density at radius 2 is 1.28 bits per heavy atom. The van der Waals surface area contributed by atoms with Gasteiger partial charge in [-0.15, -0.1) is 11.3 Å². The molecule has 3 heteroatoms. The zero-order valence-electron chi connectivity index (χ0n) is 28.0. The standard InChI is InChI=1S/C43H42N2S/c1-9-13-28(26-44-8)30-20-31(29-14-12-19-45-27-29)22-32(21-30)36-15-10-17-38-39-18-11-16-37(41(39)46-40(36)38)33-23-34(42(2,3)4)25-35(24-33)43(5,6)7/h9-27H,8H2,1-7H3/b13-9-,28-26+. The van der Waals surface area contributed by atoms with Crippen LogP contribution in [0.1, 0.15) is 65.2 Å². The number of allylic oxidation sites excluding steroid dienone is 3. The first-order valence-corrected chi connectivity index (χ1v) is 16.7. The van der Waals surface area contributed by atoms with Gasteiger partial charge >= 0.3 is 0 Å². The van der Waals surface area contributed by atoms with Crippen molar-refractivity contribution < 1.29 is 0 Å². The molecule has 0 N–H and O–H groups in total. The van der Waals surface area contributed by atoms with Crippen LogP contribution in [0.2, 0.25) is 0 Å². The van der Waals surface area contributed by atoms with Crippen molar-refractivity contribution in [3.05, 3.63) is 132 Å². The lowest BCUT2D eigenvalue weighted by molar-refractivity contribution is 0.569. The number of thiophene rings is 1. The molecule has 0 unspecified atom stereocenters. The van der Waals surface area contributed by atoms with Crippen molar-refractivity contribution in [1.29, 1.82) is 0 Å². The van der Waals surface area contributed by atoms with Gasteiger partial charge in [0.15, 0.2) is 0 Å². The van der Waals surface area contributed by atoms with Gasteiger partial charge in [-0.2, -0.15) is 0 Å². The third-order valence-electron chi connectivity index (χ3n) is 8.65. The van der Waals surface area contributed by atoms with Crippen LogP contribution >= 0.6 is 11.3 Å². The zero-order chi connectivity index (χ0) is 32.6. The first-order chi connectivity index (χ1) is 22.0. The lowest BCUT2D eigenvalue weighted by Gasteiger charge is -2.26. The van der Waals surface area contributed by atoms with Crippen LogP contribution in [0.3, 0.4) is 0 Å². The summed E-state index contributed by atoms with van der Waals surface area (Å²) >= 11 is 1.90. The van der Waals surface area contributed by atoms with E-state index >= 15 is 0 Å². The van der Waals surface area contributed by atoms with Crippen LogP contribution in [-0.4, -0.2) is 11.7 Å². The van der Waals surface area contributed by atoms with E-state index in [2.05, 4.69) is 143 Å². The molecule has 6 rings (SSSR count). The lowest BCUT2D eigenvalue weighted by Crippen LogP contribution is -2.16. The van der Waals surface area contributed by atoms with E-state index < -0.39 is 0 Å². The third-order valence-corrected chi connectivity index (χ3v) is 9.94. The highest BCUT2D eigenvalue weighted by Gasteiger charge is 2.22. The number of hydrogen-bond donors (Lipinski definition) is 0. The fraction of sp³-hybridized carbons (Fsp3) is 0.209. The average Bonchev–Trinajstić information content (AvgIpc) is 3.43. The van der Waals surface area contributed by atoms with Crippen molar-refractivity contribution in [3.63, 3.8) is 0 Å². The predicted octanol–water partition coefficient (Wildman–Crippen LogP) is 12.7. The molecule has 0 aliphatic rings. The Labute approximate surface area is 277 Å². The zero-order valence-corrected chi connectivity index (χ0v) is 28.8. The van der Waals surface area contributed by atoms with Gasteiger partial charge in [0.05, 0.1) is 0 Å². The molecule has 0 aliphatic carbocycles. The van der Waals surface area contributed by atoms with Crippen molar-refractivity contribution in [2.45, 2.75) is 59.3 Å². The van der Waals surface area contributed by atoms with Crippen LogP contribution in [0, 0.1) is 0 Å². The second-order valence-electron chi connectivity index (χ2n) is 14.1. The summed E-state index contributed by atoms with van der Waals surface area (Å²) in [5.41, 5.74) is 12.1. The largest absolute Gasteiger partial charge is 0.272 e. The monoisotopic (exact) mass is 618 g/mol. The predicted molar refractivity (Wildman–Crippen MR) is 203 cm³/mol. The van der Waals surface area contributed by atoms with Crippen LogP contribution in [0.5, 0.6) is 0 Å². The van der Waals surface area contributed by atoms with Crippen LogP contribution in [0.4, 0.5) is 0 Å². The van der Waals surface area contributed by atoms with Crippen molar-refractivity contribution in [3.8, 4) is 33.4 Å². The van der Waals surface area contributed by atoms with Crippen LogP contribution in [0.25, 0.3) is 59.1 Å². The summed E-state index contributed by atoms with van der Waals surface area (Å²) in [5.74, 6) is 0. The minimum Gasteiger partial charge on any atom is -0.272 e. The number of aromatic nitrogens is 1. The maximum atomic E-state index is 4.42. The molecule has 2 aromatic heterocycles. The van der Waals surface area contributed by atoms with Gasteiger partial charge in [-0.1, -0.05) is 114 Å². The summed E-state index contributed by atoms with van der Waals surface area (Å²) in [6.07, 6.45) is 9.71. The number of pyridine rings is 1. The molecular weight excluding hydrogens is 577 g/mol. The molecule has 0 aliphatic heterocycles. The maximum absolute atomic E-state index is 4.42. The van der Waals surface area contributed by atoms with Gasteiger partial charge in [-0.25, -0.2) is 0 Å². The van der Waals surface area contributed by atoms with Crippen LogP contribution in [-0.2, 0) is 10.8 Å². The molecule has 0 saturated carbocycles. The summed E-state index contributed by atoms with van der Waals surface area (Å²) in [5, 5.41) is 2.58. The molecular formula is C43H42N2S. The average molecular weight is 619 g/mol. The van der Waals surface area contributed by atoms with E-state index in [4.69, 9.17) is 0 Å². The van der Waals surface area contributed by atoms with Gasteiger partial charge in [0.2, 0.25) is 0 Å². The molecule has 0 saturated heterocycles. The molecule has 6 aromatic rings. The highest BCUT2D eigenvalue weighted by atomic mass is 32.1. The second-order valence-corrected chi connectivity index (χ2v) is 15.1. The molecule has 2 heterocycles.